The summed E-state index contributed by atoms with van der Waals surface area (Å²) in [6, 6.07) is 2.53. The Bertz CT molecular complexity index is 506. The van der Waals surface area contributed by atoms with Crippen LogP contribution in [0.25, 0.3) is 0 Å². The topological polar surface area (TPSA) is 29.9 Å². The second kappa shape index (κ2) is 7.22. The SMILES string of the molecule is CCCNC(CCc1nccn1C)c1sccc1Br. The second-order valence-electron chi connectivity index (χ2n) is 4.63. The molecule has 0 aromatic carbocycles. The maximum absolute atomic E-state index is 4.40. The predicted molar refractivity (Wildman–Crippen MR) is 84.6 cm³/mol. The Balaban J connectivity index is 2.02. The van der Waals surface area contributed by atoms with E-state index in [9.17, 15) is 0 Å². The van der Waals surface area contributed by atoms with Crippen LogP contribution in [0.3, 0.4) is 0 Å². The first-order chi connectivity index (χ1) is 9.22. The van der Waals surface area contributed by atoms with Gasteiger partial charge in [-0.1, -0.05) is 6.92 Å². The number of nitrogens with one attached hydrogen (secondary N) is 1. The van der Waals surface area contributed by atoms with Crippen LogP contribution in [0.4, 0.5) is 0 Å². The van der Waals surface area contributed by atoms with Crippen molar-refractivity contribution in [1.82, 2.24) is 14.9 Å². The molecule has 0 aliphatic rings. The summed E-state index contributed by atoms with van der Waals surface area (Å²) in [5.41, 5.74) is 0. The van der Waals surface area contributed by atoms with Crippen molar-refractivity contribution in [3.05, 3.63) is 39.0 Å². The van der Waals surface area contributed by atoms with Gasteiger partial charge in [-0.2, -0.15) is 0 Å². The molecule has 0 fully saturated rings. The highest BCUT2D eigenvalue weighted by Crippen LogP contribution is 2.31. The van der Waals surface area contributed by atoms with E-state index in [2.05, 4.69) is 56.2 Å². The highest BCUT2D eigenvalue weighted by atomic mass is 79.9. The van der Waals surface area contributed by atoms with Gasteiger partial charge in [0.2, 0.25) is 0 Å². The van der Waals surface area contributed by atoms with Crippen LogP contribution in [-0.4, -0.2) is 16.1 Å². The fraction of sp³-hybridized carbons (Fsp3) is 0.500. The van der Waals surface area contributed by atoms with Gasteiger partial charge in [0.1, 0.15) is 5.82 Å². The van der Waals surface area contributed by atoms with E-state index >= 15 is 0 Å². The molecule has 0 aliphatic carbocycles. The summed E-state index contributed by atoms with van der Waals surface area (Å²) in [6.07, 6.45) is 7.09. The lowest BCUT2D eigenvalue weighted by atomic mass is 10.1. The summed E-state index contributed by atoms with van der Waals surface area (Å²) in [5.74, 6) is 1.15. The van der Waals surface area contributed by atoms with E-state index in [1.165, 1.54) is 9.35 Å². The van der Waals surface area contributed by atoms with Crippen LogP contribution in [0.1, 0.15) is 36.5 Å². The Morgan fingerprint density at radius 2 is 2.37 bits per heavy atom. The molecule has 0 radical (unpaired) electrons. The fourth-order valence-electron chi connectivity index (χ4n) is 2.11. The minimum Gasteiger partial charge on any atom is -0.338 e. The molecule has 2 rings (SSSR count). The summed E-state index contributed by atoms with van der Waals surface area (Å²) in [5, 5.41) is 5.78. The third kappa shape index (κ3) is 3.91. The van der Waals surface area contributed by atoms with Crippen molar-refractivity contribution in [3.63, 3.8) is 0 Å². The fourth-order valence-corrected chi connectivity index (χ4v) is 3.87. The molecule has 2 aromatic rings. The lowest BCUT2D eigenvalue weighted by Gasteiger charge is -2.17. The van der Waals surface area contributed by atoms with Crippen LogP contribution in [0.2, 0.25) is 0 Å². The Morgan fingerprint density at radius 1 is 1.53 bits per heavy atom. The molecular formula is C14H20BrN3S. The van der Waals surface area contributed by atoms with Crippen molar-refractivity contribution in [3.8, 4) is 0 Å². The summed E-state index contributed by atoms with van der Waals surface area (Å²) in [4.78, 5) is 5.79. The van der Waals surface area contributed by atoms with Crippen LogP contribution in [0.5, 0.6) is 0 Å². The number of hydrogen-bond acceptors (Lipinski definition) is 3. The van der Waals surface area contributed by atoms with Crippen LogP contribution in [-0.2, 0) is 13.5 Å². The third-order valence-corrected chi connectivity index (χ3v) is 5.16. The number of halogens is 1. The molecule has 19 heavy (non-hydrogen) atoms. The van der Waals surface area contributed by atoms with Gasteiger partial charge in [0.15, 0.2) is 0 Å². The molecule has 5 heteroatoms. The molecule has 1 unspecified atom stereocenters. The molecule has 0 saturated heterocycles. The molecule has 104 valence electrons. The zero-order valence-electron chi connectivity index (χ0n) is 11.4. The van der Waals surface area contributed by atoms with Gasteiger partial charge in [0.05, 0.1) is 0 Å². The van der Waals surface area contributed by atoms with Gasteiger partial charge in [-0.15, -0.1) is 11.3 Å². The Morgan fingerprint density at radius 3 is 2.95 bits per heavy atom. The molecule has 2 heterocycles. The molecule has 0 aliphatic heterocycles. The first kappa shape index (κ1) is 14.8. The molecule has 2 aromatic heterocycles. The monoisotopic (exact) mass is 341 g/mol. The number of rotatable bonds is 7. The molecule has 0 spiro atoms. The highest BCUT2D eigenvalue weighted by Gasteiger charge is 2.16. The number of aryl methyl sites for hydroxylation is 2. The Hall–Kier alpha value is -0.650. The second-order valence-corrected chi connectivity index (χ2v) is 6.43. The van der Waals surface area contributed by atoms with Gasteiger partial charge in [-0.25, -0.2) is 4.98 Å². The van der Waals surface area contributed by atoms with Crippen LogP contribution >= 0.6 is 27.3 Å². The number of hydrogen-bond donors (Lipinski definition) is 1. The first-order valence-electron chi connectivity index (χ1n) is 6.64. The molecular weight excluding hydrogens is 322 g/mol. The maximum atomic E-state index is 4.40. The van der Waals surface area contributed by atoms with Crippen molar-refractivity contribution in [2.24, 2.45) is 7.05 Å². The smallest absolute Gasteiger partial charge is 0.108 e. The highest BCUT2D eigenvalue weighted by molar-refractivity contribution is 9.10. The number of aromatic nitrogens is 2. The average molecular weight is 342 g/mol. The van der Waals surface area contributed by atoms with Crippen molar-refractivity contribution in [1.29, 1.82) is 0 Å². The van der Waals surface area contributed by atoms with E-state index in [1.54, 1.807) is 0 Å². The normalized spacial score (nSPS) is 12.8. The lowest BCUT2D eigenvalue weighted by Crippen LogP contribution is -2.22. The number of imidazole rings is 1. The Labute approximate surface area is 127 Å². The lowest BCUT2D eigenvalue weighted by molar-refractivity contribution is 0.496. The van der Waals surface area contributed by atoms with Gasteiger partial charge in [-0.3, -0.25) is 0 Å². The van der Waals surface area contributed by atoms with Crippen molar-refractivity contribution in [2.45, 2.75) is 32.2 Å². The van der Waals surface area contributed by atoms with Crippen molar-refractivity contribution >= 4 is 27.3 Å². The number of nitrogens with zero attached hydrogens (tertiary/aromatic N) is 2. The minimum atomic E-state index is 0.408. The van der Waals surface area contributed by atoms with E-state index in [4.69, 9.17) is 0 Å². The molecule has 1 atom stereocenters. The predicted octanol–water partition coefficient (Wildman–Crippen LogP) is 3.92. The van der Waals surface area contributed by atoms with E-state index in [0.717, 1.165) is 31.6 Å². The summed E-state index contributed by atoms with van der Waals surface area (Å²) in [7, 11) is 2.05. The van der Waals surface area contributed by atoms with Crippen LogP contribution < -0.4 is 5.32 Å². The first-order valence-corrected chi connectivity index (χ1v) is 8.32. The van der Waals surface area contributed by atoms with Gasteiger partial charge < -0.3 is 9.88 Å². The maximum Gasteiger partial charge on any atom is 0.108 e. The summed E-state index contributed by atoms with van der Waals surface area (Å²) >= 11 is 5.45. The van der Waals surface area contributed by atoms with Crippen LogP contribution in [0, 0.1) is 0 Å². The average Bonchev–Trinajstić information content (AvgIpc) is 2.99. The number of thiophene rings is 1. The molecule has 3 nitrogen and oxygen atoms in total. The standard InChI is InChI=1S/C14H20BrN3S/c1-3-7-16-12(14-11(15)6-10-19-14)4-5-13-17-8-9-18(13)2/h6,8-10,12,16H,3-5,7H2,1-2H3. The van der Waals surface area contributed by atoms with Gasteiger partial charge >= 0.3 is 0 Å². The van der Waals surface area contributed by atoms with Crippen molar-refractivity contribution < 1.29 is 0 Å². The minimum absolute atomic E-state index is 0.408. The quantitative estimate of drug-likeness (QED) is 0.827. The van der Waals surface area contributed by atoms with Gasteiger partial charge in [-0.05, 0) is 46.8 Å². The Kier molecular flexibility index (Phi) is 5.60. The van der Waals surface area contributed by atoms with E-state index in [1.807, 2.05) is 23.7 Å². The van der Waals surface area contributed by atoms with Crippen LogP contribution in [0.15, 0.2) is 28.3 Å². The van der Waals surface area contributed by atoms with Gasteiger partial charge in [0, 0.05) is 41.3 Å². The molecule has 0 saturated carbocycles. The van der Waals surface area contributed by atoms with E-state index in [-0.39, 0.29) is 0 Å². The zero-order valence-corrected chi connectivity index (χ0v) is 13.8. The van der Waals surface area contributed by atoms with E-state index in [0.29, 0.717) is 6.04 Å². The zero-order chi connectivity index (χ0) is 13.7. The largest absolute Gasteiger partial charge is 0.338 e. The van der Waals surface area contributed by atoms with E-state index < -0.39 is 0 Å². The summed E-state index contributed by atoms with van der Waals surface area (Å²) < 4.78 is 3.31. The molecule has 0 amide bonds. The molecule has 1 N–H and O–H groups in total. The summed E-state index contributed by atoms with van der Waals surface area (Å²) in [6.45, 7) is 3.25. The van der Waals surface area contributed by atoms with Gasteiger partial charge in [0.25, 0.3) is 0 Å². The third-order valence-electron chi connectivity index (χ3n) is 3.18. The molecule has 0 bridgehead atoms. The van der Waals surface area contributed by atoms with Crippen molar-refractivity contribution in [2.75, 3.05) is 6.54 Å².